The summed E-state index contributed by atoms with van der Waals surface area (Å²) in [6.45, 7) is 2.04. The molecule has 0 bridgehead atoms. The molecule has 1 aromatic rings. The zero-order valence-electron chi connectivity index (χ0n) is 5.26. The Balaban J connectivity index is 0.000000490. The zero-order chi connectivity index (χ0) is 5.11. The molecule has 0 saturated carbocycles. The van der Waals surface area contributed by atoms with Gasteiger partial charge in [0.1, 0.15) is 0 Å². The van der Waals surface area contributed by atoms with E-state index in [1.54, 1.807) is 12.4 Å². The Bertz CT molecular complexity index is 125. The van der Waals surface area contributed by atoms with Crippen molar-refractivity contribution in [1.82, 2.24) is 9.97 Å². The fourth-order valence-corrected chi connectivity index (χ4v) is 0.455. The minimum Gasteiger partial charge on any atom is -0.446 e. The van der Waals surface area contributed by atoms with Crippen LogP contribution in [-0.4, -0.2) is 4.98 Å². The third-order valence-corrected chi connectivity index (χ3v) is 0.830. The van der Waals surface area contributed by atoms with E-state index in [-0.39, 0.29) is 29.6 Å². The Morgan fingerprint density at radius 2 is 2.50 bits per heavy atom. The normalized spacial score (nSPS) is 8.12. The monoisotopic (exact) mass is 118 g/mol. The minimum atomic E-state index is 0. The minimum absolute atomic E-state index is 0. The predicted octanol–water partition coefficient (Wildman–Crippen LogP) is -2.39. The van der Waals surface area contributed by atoms with Crippen LogP contribution in [0.2, 0.25) is 0 Å². The van der Waals surface area contributed by atoms with Crippen molar-refractivity contribution in [1.29, 1.82) is 0 Å². The van der Waals surface area contributed by atoms with Gasteiger partial charge in [-0.05, 0) is 6.42 Å². The van der Waals surface area contributed by atoms with Crippen molar-refractivity contribution in [2.45, 2.75) is 13.3 Å². The molecule has 0 aliphatic rings. The van der Waals surface area contributed by atoms with Crippen LogP contribution in [0.25, 0.3) is 0 Å². The molecular formula is C5H7N2Na. The Morgan fingerprint density at radius 1 is 1.75 bits per heavy atom. The van der Waals surface area contributed by atoms with Crippen LogP contribution in [0.5, 0.6) is 0 Å². The number of hydrogen-bond acceptors (Lipinski definition) is 1. The van der Waals surface area contributed by atoms with Crippen LogP contribution in [-0.2, 0) is 6.42 Å². The van der Waals surface area contributed by atoms with Crippen molar-refractivity contribution in [3.8, 4) is 0 Å². The molecule has 0 N–H and O–H groups in total. The molecule has 0 fully saturated rings. The second kappa shape index (κ2) is 4.13. The van der Waals surface area contributed by atoms with Crippen molar-refractivity contribution >= 4 is 0 Å². The molecule has 1 rings (SSSR count). The van der Waals surface area contributed by atoms with E-state index in [1.807, 2.05) is 6.92 Å². The van der Waals surface area contributed by atoms with Crippen molar-refractivity contribution in [2.75, 3.05) is 0 Å². The Morgan fingerprint density at radius 3 is 2.75 bits per heavy atom. The molecule has 0 unspecified atom stereocenters. The molecule has 3 heteroatoms. The summed E-state index contributed by atoms with van der Waals surface area (Å²) in [5.41, 5.74) is 0. The van der Waals surface area contributed by atoms with Gasteiger partial charge in [-0.2, -0.15) is 0 Å². The first kappa shape index (κ1) is 8.21. The first-order valence-electron chi connectivity index (χ1n) is 2.36. The summed E-state index contributed by atoms with van der Waals surface area (Å²) >= 11 is 0. The fraction of sp³-hybridized carbons (Fsp3) is 0.400. The molecule has 8 heavy (non-hydrogen) atoms. The van der Waals surface area contributed by atoms with Crippen LogP contribution >= 0.6 is 0 Å². The Hall–Kier alpha value is 0.210. The number of imidazole rings is 1. The van der Waals surface area contributed by atoms with Gasteiger partial charge in [0.15, 0.2) is 0 Å². The largest absolute Gasteiger partial charge is 1.00 e. The van der Waals surface area contributed by atoms with Gasteiger partial charge in [-0.1, -0.05) is 25.1 Å². The summed E-state index contributed by atoms with van der Waals surface area (Å²) in [6, 6.07) is 0. The zero-order valence-corrected chi connectivity index (χ0v) is 7.26. The molecule has 0 aliphatic carbocycles. The predicted molar refractivity (Wildman–Crippen MR) is 26.9 cm³/mol. The van der Waals surface area contributed by atoms with E-state index in [0.717, 1.165) is 12.2 Å². The van der Waals surface area contributed by atoms with Crippen LogP contribution in [0.15, 0.2) is 12.4 Å². The van der Waals surface area contributed by atoms with Crippen LogP contribution in [0.1, 0.15) is 12.7 Å². The molecule has 2 nitrogen and oxygen atoms in total. The average molecular weight is 118 g/mol. The molecular weight excluding hydrogens is 111 g/mol. The fourth-order valence-electron chi connectivity index (χ4n) is 0.455. The van der Waals surface area contributed by atoms with Gasteiger partial charge in [0, 0.05) is 0 Å². The van der Waals surface area contributed by atoms with E-state index in [2.05, 4.69) is 9.97 Å². The quantitative estimate of drug-likeness (QED) is 0.384. The number of aryl methyl sites for hydroxylation is 1. The summed E-state index contributed by atoms with van der Waals surface area (Å²) < 4.78 is 0. The van der Waals surface area contributed by atoms with Gasteiger partial charge in [0.25, 0.3) is 0 Å². The van der Waals surface area contributed by atoms with Gasteiger partial charge in [-0.25, -0.2) is 0 Å². The molecule has 0 atom stereocenters. The third kappa shape index (κ3) is 1.99. The maximum Gasteiger partial charge on any atom is 1.00 e. The smallest absolute Gasteiger partial charge is 0.446 e. The summed E-state index contributed by atoms with van der Waals surface area (Å²) in [5, 5.41) is 0. The second-order valence-corrected chi connectivity index (χ2v) is 1.33. The molecule has 0 aliphatic heterocycles. The van der Waals surface area contributed by atoms with E-state index < -0.39 is 0 Å². The maximum absolute atomic E-state index is 3.92. The maximum atomic E-state index is 3.92. The molecule has 1 aromatic heterocycles. The molecule has 1 heterocycles. The first-order valence-corrected chi connectivity index (χ1v) is 2.36. The summed E-state index contributed by atoms with van der Waals surface area (Å²) in [7, 11) is 0. The van der Waals surface area contributed by atoms with E-state index in [9.17, 15) is 0 Å². The number of aromatic nitrogens is 2. The van der Waals surface area contributed by atoms with E-state index >= 15 is 0 Å². The van der Waals surface area contributed by atoms with Crippen molar-refractivity contribution in [3.05, 3.63) is 18.2 Å². The van der Waals surface area contributed by atoms with E-state index in [4.69, 9.17) is 0 Å². The molecule has 0 saturated heterocycles. The summed E-state index contributed by atoms with van der Waals surface area (Å²) in [4.78, 5) is 7.85. The van der Waals surface area contributed by atoms with Crippen molar-refractivity contribution in [2.24, 2.45) is 0 Å². The SMILES string of the molecule is CCc1ncc[n-]1.[Na+]. The number of rotatable bonds is 1. The van der Waals surface area contributed by atoms with Crippen LogP contribution in [0, 0.1) is 0 Å². The summed E-state index contributed by atoms with van der Waals surface area (Å²) in [5.74, 6) is 0.931. The van der Waals surface area contributed by atoms with E-state index in [0.29, 0.717) is 0 Å². The van der Waals surface area contributed by atoms with Crippen LogP contribution < -0.4 is 34.5 Å². The second-order valence-electron chi connectivity index (χ2n) is 1.33. The van der Waals surface area contributed by atoms with Gasteiger partial charge in [0.2, 0.25) is 0 Å². The van der Waals surface area contributed by atoms with E-state index in [1.165, 1.54) is 0 Å². The van der Waals surface area contributed by atoms with Crippen molar-refractivity contribution < 1.29 is 29.6 Å². The number of hydrogen-bond donors (Lipinski definition) is 0. The Kier molecular flexibility index (Phi) is 4.23. The van der Waals surface area contributed by atoms with Gasteiger partial charge >= 0.3 is 29.6 Å². The standard InChI is InChI=1S/C5H7N2.Na/c1-2-5-6-3-4-7-5;/h3-4H,2H2,1H3;/q-1;+1. The molecule has 0 amide bonds. The topological polar surface area (TPSA) is 27.0 Å². The van der Waals surface area contributed by atoms with Crippen LogP contribution in [0.3, 0.4) is 0 Å². The van der Waals surface area contributed by atoms with Gasteiger partial charge in [-0.3, -0.25) is 0 Å². The number of nitrogens with zero attached hydrogens (tertiary/aromatic N) is 2. The van der Waals surface area contributed by atoms with Gasteiger partial charge in [0.05, 0.1) is 0 Å². The average Bonchev–Trinajstić information content (AvgIpc) is 2.14. The van der Waals surface area contributed by atoms with Gasteiger partial charge in [-0.15, -0.1) is 0 Å². The van der Waals surface area contributed by atoms with Crippen LogP contribution in [0.4, 0.5) is 0 Å². The third-order valence-electron chi connectivity index (χ3n) is 0.830. The summed E-state index contributed by atoms with van der Waals surface area (Å²) in [6.07, 6.45) is 4.35. The molecule has 0 spiro atoms. The Labute approximate surface area is 71.0 Å². The van der Waals surface area contributed by atoms with Gasteiger partial charge < -0.3 is 9.97 Å². The molecule has 0 aromatic carbocycles. The van der Waals surface area contributed by atoms with Crippen molar-refractivity contribution in [3.63, 3.8) is 0 Å². The first-order chi connectivity index (χ1) is 3.43. The molecule has 38 valence electrons. The molecule has 0 radical (unpaired) electrons.